The van der Waals surface area contributed by atoms with Gasteiger partial charge in [-0.25, -0.2) is 14.8 Å². The maximum Gasteiger partial charge on any atom is 0.321 e. The van der Waals surface area contributed by atoms with Gasteiger partial charge in [-0.1, -0.05) is 36.4 Å². The van der Waals surface area contributed by atoms with Crippen molar-refractivity contribution < 1.29 is 14.3 Å². The summed E-state index contributed by atoms with van der Waals surface area (Å²) in [6.07, 6.45) is 1.67. The van der Waals surface area contributed by atoms with Gasteiger partial charge in [-0.05, 0) is 55.7 Å². The molecule has 3 aromatic carbocycles. The van der Waals surface area contributed by atoms with Crippen LogP contribution in [0, 0.1) is 6.92 Å². The number of amides is 2. The van der Waals surface area contributed by atoms with E-state index in [4.69, 9.17) is 19.4 Å². The number of fused-ring (bicyclic) bond motifs is 2. The van der Waals surface area contributed by atoms with Crippen LogP contribution in [0.1, 0.15) is 18.5 Å². The monoisotopic (exact) mass is 495 g/mol. The summed E-state index contributed by atoms with van der Waals surface area (Å²) < 4.78 is 11.7. The average Bonchev–Trinajstić information content (AvgIpc) is 2.93. The van der Waals surface area contributed by atoms with E-state index in [-0.39, 0.29) is 12.1 Å². The third-order valence-electron chi connectivity index (χ3n) is 6.90. The van der Waals surface area contributed by atoms with Gasteiger partial charge < -0.3 is 25.0 Å². The molecule has 37 heavy (non-hydrogen) atoms. The van der Waals surface area contributed by atoms with E-state index in [0.29, 0.717) is 32.3 Å². The molecule has 188 valence electrons. The third kappa shape index (κ3) is 4.87. The summed E-state index contributed by atoms with van der Waals surface area (Å²) >= 11 is 0. The van der Waals surface area contributed by atoms with Gasteiger partial charge in [0.2, 0.25) is 5.95 Å². The number of piperidine rings is 1. The fourth-order valence-electron chi connectivity index (χ4n) is 4.95. The predicted molar refractivity (Wildman–Crippen MR) is 144 cm³/mol. The molecule has 1 saturated heterocycles. The Morgan fingerprint density at radius 2 is 1.76 bits per heavy atom. The van der Waals surface area contributed by atoms with Crippen LogP contribution in [0.5, 0.6) is 11.5 Å². The highest BCUT2D eigenvalue weighted by atomic mass is 16.6. The minimum atomic E-state index is -0.0603. The first-order chi connectivity index (χ1) is 18.1. The number of anilines is 2. The number of carbonyl (C=O) groups is 1. The number of nitrogens with zero attached hydrogens (tertiary/aromatic N) is 3. The Hall–Kier alpha value is -4.33. The minimum Gasteiger partial charge on any atom is -0.486 e. The summed E-state index contributed by atoms with van der Waals surface area (Å²) in [4.78, 5) is 24.0. The molecule has 3 heterocycles. The second-order valence-corrected chi connectivity index (χ2v) is 9.40. The zero-order chi connectivity index (χ0) is 25.2. The van der Waals surface area contributed by atoms with Crippen molar-refractivity contribution >= 4 is 28.6 Å². The van der Waals surface area contributed by atoms with E-state index in [9.17, 15) is 4.79 Å². The second kappa shape index (κ2) is 9.97. The van der Waals surface area contributed by atoms with Crippen LogP contribution in [0.15, 0.2) is 66.7 Å². The Kier molecular flexibility index (Phi) is 6.22. The Labute approximate surface area is 215 Å². The number of hydrogen-bond acceptors (Lipinski definition) is 6. The van der Waals surface area contributed by atoms with E-state index in [1.165, 1.54) is 0 Å². The smallest absolute Gasteiger partial charge is 0.321 e. The second-order valence-electron chi connectivity index (χ2n) is 9.40. The molecule has 0 spiro atoms. The van der Waals surface area contributed by atoms with Crippen molar-refractivity contribution in [3.8, 4) is 22.6 Å². The van der Waals surface area contributed by atoms with Gasteiger partial charge in [-0.2, -0.15) is 0 Å². The molecule has 1 aromatic heterocycles. The fraction of sp³-hybridized carbons (Fsp3) is 0.276. The highest BCUT2D eigenvalue weighted by Crippen LogP contribution is 2.40. The van der Waals surface area contributed by atoms with Crippen molar-refractivity contribution in [2.75, 3.05) is 36.9 Å². The molecule has 1 fully saturated rings. The van der Waals surface area contributed by atoms with Crippen molar-refractivity contribution in [3.05, 3.63) is 72.4 Å². The number of carbonyl (C=O) groups excluding carboxylic acids is 1. The highest BCUT2D eigenvalue weighted by molar-refractivity contribution is 5.90. The summed E-state index contributed by atoms with van der Waals surface area (Å²) in [5, 5.41) is 7.46. The first-order valence-electron chi connectivity index (χ1n) is 12.7. The molecular formula is C29H29N5O3. The summed E-state index contributed by atoms with van der Waals surface area (Å²) in [7, 11) is 0. The average molecular weight is 496 g/mol. The number of para-hydroxylation sites is 2. The standard InChI is InChI=1S/C29H29N5O3/c1-19-24-18-20(23-8-5-9-26-27(23)37-17-16-36-26)10-11-25(24)33-28(30-19)31-22-12-14-34(15-13-22)29(35)32-21-6-3-2-4-7-21/h2-11,18,22H,12-17H2,1H3,(H,32,35)(H,30,31,33). The van der Waals surface area contributed by atoms with Gasteiger partial charge in [0, 0.05) is 35.8 Å². The van der Waals surface area contributed by atoms with Crippen molar-refractivity contribution in [1.82, 2.24) is 14.9 Å². The van der Waals surface area contributed by atoms with Crippen molar-refractivity contribution in [3.63, 3.8) is 0 Å². The molecule has 6 rings (SSSR count). The molecule has 2 amide bonds. The van der Waals surface area contributed by atoms with Crippen LogP contribution >= 0.6 is 0 Å². The van der Waals surface area contributed by atoms with E-state index in [2.05, 4.69) is 22.8 Å². The zero-order valence-corrected chi connectivity index (χ0v) is 20.7. The molecule has 2 aliphatic heterocycles. The highest BCUT2D eigenvalue weighted by Gasteiger charge is 2.24. The number of aryl methyl sites for hydroxylation is 1. The van der Waals surface area contributed by atoms with Crippen LogP contribution in [0.2, 0.25) is 0 Å². The molecule has 0 atom stereocenters. The predicted octanol–water partition coefficient (Wildman–Crippen LogP) is 5.48. The molecule has 0 bridgehead atoms. The van der Waals surface area contributed by atoms with Gasteiger partial charge in [0.15, 0.2) is 11.5 Å². The molecule has 2 N–H and O–H groups in total. The Morgan fingerprint density at radius 1 is 0.946 bits per heavy atom. The number of likely N-dealkylation sites (tertiary alicyclic amines) is 1. The first kappa shape index (κ1) is 23.1. The molecule has 0 radical (unpaired) electrons. The Morgan fingerprint density at radius 3 is 2.59 bits per heavy atom. The Bertz CT molecular complexity index is 1430. The SMILES string of the molecule is Cc1nc(NC2CCN(C(=O)Nc3ccccc3)CC2)nc2ccc(-c3cccc4c3OCCO4)cc12. The van der Waals surface area contributed by atoms with Crippen LogP contribution < -0.4 is 20.1 Å². The number of rotatable bonds is 4. The normalized spacial score (nSPS) is 15.4. The van der Waals surface area contributed by atoms with E-state index in [0.717, 1.165) is 57.8 Å². The minimum absolute atomic E-state index is 0.0603. The molecule has 8 heteroatoms. The summed E-state index contributed by atoms with van der Waals surface area (Å²) in [5.74, 6) is 2.19. The molecule has 4 aromatic rings. The summed E-state index contributed by atoms with van der Waals surface area (Å²) in [6.45, 7) is 4.48. The molecular weight excluding hydrogens is 466 g/mol. The zero-order valence-electron chi connectivity index (χ0n) is 20.7. The van der Waals surface area contributed by atoms with Gasteiger partial charge in [0.1, 0.15) is 13.2 Å². The largest absolute Gasteiger partial charge is 0.486 e. The number of aromatic nitrogens is 2. The van der Waals surface area contributed by atoms with E-state index < -0.39 is 0 Å². The lowest BCUT2D eigenvalue weighted by atomic mass is 10.0. The number of nitrogens with one attached hydrogen (secondary N) is 2. The molecule has 0 saturated carbocycles. The van der Waals surface area contributed by atoms with Crippen molar-refractivity contribution in [1.29, 1.82) is 0 Å². The molecule has 0 aliphatic carbocycles. The lowest BCUT2D eigenvalue weighted by Crippen LogP contribution is -2.44. The van der Waals surface area contributed by atoms with Gasteiger partial charge in [-0.15, -0.1) is 0 Å². The topological polar surface area (TPSA) is 88.6 Å². The van der Waals surface area contributed by atoms with Gasteiger partial charge in [0.25, 0.3) is 0 Å². The number of benzene rings is 3. The van der Waals surface area contributed by atoms with Gasteiger partial charge in [-0.3, -0.25) is 0 Å². The molecule has 2 aliphatic rings. The first-order valence-corrected chi connectivity index (χ1v) is 12.7. The lowest BCUT2D eigenvalue weighted by molar-refractivity contribution is 0.172. The van der Waals surface area contributed by atoms with Crippen LogP contribution in [-0.2, 0) is 0 Å². The third-order valence-corrected chi connectivity index (χ3v) is 6.90. The van der Waals surface area contributed by atoms with Crippen LogP contribution in [0.3, 0.4) is 0 Å². The van der Waals surface area contributed by atoms with Gasteiger partial charge in [0.05, 0.1) is 11.2 Å². The summed E-state index contributed by atoms with van der Waals surface area (Å²) in [5.41, 5.74) is 4.66. The van der Waals surface area contributed by atoms with Crippen LogP contribution in [-0.4, -0.2) is 53.2 Å². The lowest BCUT2D eigenvalue weighted by Gasteiger charge is -2.32. The van der Waals surface area contributed by atoms with Crippen molar-refractivity contribution in [2.45, 2.75) is 25.8 Å². The Balaban J connectivity index is 1.14. The van der Waals surface area contributed by atoms with E-state index in [1.54, 1.807) is 0 Å². The van der Waals surface area contributed by atoms with E-state index >= 15 is 0 Å². The van der Waals surface area contributed by atoms with E-state index in [1.807, 2.05) is 66.4 Å². The maximum atomic E-state index is 12.6. The summed E-state index contributed by atoms with van der Waals surface area (Å²) in [6, 6.07) is 21.9. The number of urea groups is 1. The molecule has 0 unspecified atom stereocenters. The van der Waals surface area contributed by atoms with Crippen molar-refractivity contribution in [2.24, 2.45) is 0 Å². The molecule has 8 nitrogen and oxygen atoms in total. The van der Waals surface area contributed by atoms with Gasteiger partial charge >= 0.3 is 6.03 Å². The van der Waals surface area contributed by atoms with Crippen LogP contribution in [0.4, 0.5) is 16.4 Å². The maximum absolute atomic E-state index is 12.6. The number of ether oxygens (including phenoxy) is 2. The number of hydrogen-bond donors (Lipinski definition) is 2. The van der Waals surface area contributed by atoms with Crippen LogP contribution in [0.25, 0.3) is 22.0 Å². The quantitative estimate of drug-likeness (QED) is 0.390. The fourth-order valence-corrected chi connectivity index (χ4v) is 4.95.